The third kappa shape index (κ3) is 5.37. The van der Waals surface area contributed by atoms with Crippen molar-refractivity contribution in [2.24, 2.45) is 11.1 Å². The Morgan fingerprint density at radius 1 is 1.24 bits per heavy atom. The zero-order valence-electron chi connectivity index (χ0n) is 19.9. The van der Waals surface area contributed by atoms with E-state index < -0.39 is 40.5 Å². The van der Waals surface area contributed by atoms with E-state index in [1.165, 1.54) is 35.9 Å². The van der Waals surface area contributed by atoms with E-state index in [9.17, 15) is 29.4 Å². The minimum absolute atomic E-state index is 0.0472. The average molecular weight is 545 g/mol. The maximum atomic E-state index is 13.2. The van der Waals surface area contributed by atoms with Crippen LogP contribution in [-0.4, -0.2) is 66.2 Å². The molecule has 0 radical (unpaired) electrons. The number of aliphatic carboxylic acids is 2. The Bertz CT molecular complexity index is 1320. The van der Waals surface area contributed by atoms with Crippen LogP contribution in [0.4, 0.5) is 5.13 Å². The number of oxime groups is 1. The SMILES string of the molecule is CC(C)(O/N=C(/C(=O)C[C@@H]1C(=O)N2C(C(=O)O)=C(Cc3ccccc3)CS[C@H]12)c1csc(N)n1)C(=O)O. The van der Waals surface area contributed by atoms with E-state index in [0.717, 1.165) is 16.9 Å². The number of thioether (sulfide) groups is 1. The van der Waals surface area contributed by atoms with Crippen molar-refractivity contribution in [2.45, 2.75) is 37.7 Å². The molecule has 1 saturated heterocycles. The molecule has 1 amide bonds. The smallest absolute Gasteiger partial charge is 0.352 e. The molecule has 3 heterocycles. The normalized spacial score (nSPS) is 19.8. The van der Waals surface area contributed by atoms with Gasteiger partial charge in [0.25, 0.3) is 0 Å². The summed E-state index contributed by atoms with van der Waals surface area (Å²) in [7, 11) is 0. The number of carbonyl (C=O) groups is 4. The first-order chi connectivity index (χ1) is 17.5. The van der Waals surface area contributed by atoms with Crippen molar-refractivity contribution in [3.05, 3.63) is 58.2 Å². The molecule has 2 aromatic rings. The maximum absolute atomic E-state index is 13.2. The number of thiazole rings is 1. The highest BCUT2D eigenvalue weighted by Gasteiger charge is 2.54. The van der Waals surface area contributed by atoms with Gasteiger partial charge in [0.15, 0.2) is 16.6 Å². The van der Waals surface area contributed by atoms with Gasteiger partial charge in [-0.25, -0.2) is 14.6 Å². The van der Waals surface area contributed by atoms with Crippen molar-refractivity contribution in [3.63, 3.8) is 0 Å². The number of nitrogens with two attached hydrogens (primary N) is 1. The molecule has 194 valence electrons. The number of fused-ring (bicyclic) bond motifs is 1. The molecule has 0 bridgehead atoms. The molecule has 2 aliphatic heterocycles. The number of carboxylic acid groups (broad SMARTS) is 2. The molecule has 13 heteroatoms. The average Bonchev–Trinajstić information content (AvgIpc) is 3.28. The van der Waals surface area contributed by atoms with Gasteiger partial charge < -0.3 is 20.8 Å². The van der Waals surface area contributed by atoms with Crippen molar-refractivity contribution in [1.82, 2.24) is 9.88 Å². The Balaban J connectivity index is 1.55. The lowest BCUT2D eigenvalue weighted by atomic mass is 9.88. The summed E-state index contributed by atoms with van der Waals surface area (Å²) in [5.74, 6) is -3.94. The maximum Gasteiger partial charge on any atom is 0.352 e. The van der Waals surface area contributed by atoms with Gasteiger partial charge >= 0.3 is 11.9 Å². The summed E-state index contributed by atoms with van der Waals surface area (Å²) in [5, 5.41) is 24.1. The Morgan fingerprint density at radius 3 is 2.54 bits per heavy atom. The first-order valence-corrected chi connectivity index (χ1v) is 13.1. The highest BCUT2D eigenvalue weighted by Crippen LogP contribution is 2.45. The Labute approximate surface area is 220 Å². The molecule has 1 aromatic carbocycles. The van der Waals surface area contributed by atoms with E-state index in [4.69, 9.17) is 10.6 Å². The number of benzene rings is 1. The first kappa shape index (κ1) is 26.4. The van der Waals surface area contributed by atoms with Crippen LogP contribution in [0.3, 0.4) is 0 Å². The van der Waals surface area contributed by atoms with E-state index in [2.05, 4.69) is 10.1 Å². The summed E-state index contributed by atoms with van der Waals surface area (Å²) in [6.07, 6.45) is 0.120. The van der Waals surface area contributed by atoms with Gasteiger partial charge in [-0.3, -0.25) is 14.5 Å². The van der Waals surface area contributed by atoms with Crippen molar-refractivity contribution in [1.29, 1.82) is 0 Å². The minimum atomic E-state index is -1.72. The van der Waals surface area contributed by atoms with Gasteiger partial charge in [0, 0.05) is 17.6 Å². The van der Waals surface area contributed by atoms with Crippen LogP contribution in [-0.2, 0) is 30.4 Å². The van der Waals surface area contributed by atoms with Crippen LogP contribution in [0.15, 0.2) is 52.1 Å². The molecule has 37 heavy (non-hydrogen) atoms. The molecule has 1 aromatic heterocycles. The molecule has 1 fully saturated rings. The zero-order valence-corrected chi connectivity index (χ0v) is 21.5. The number of hydrogen-bond donors (Lipinski definition) is 3. The highest BCUT2D eigenvalue weighted by atomic mass is 32.2. The standard InChI is InChI=1S/C24H24N4O7S2/c1-24(2,22(33)34)35-27-17(15-11-37-23(25)26-15)16(29)9-14-19(30)28-18(21(31)32)13(10-36-20(14)28)8-12-6-4-3-5-7-12/h3-7,11,14,20H,8-10H2,1-2H3,(H2,25,26)(H,31,32)(H,33,34)/b27-17+/t14-,20-/m1/s1. The molecule has 0 saturated carbocycles. The third-order valence-electron chi connectivity index (χ3n) is 5.93. The van der Waals surface area contributed by atoms with Crippen molar-refractivity contribution in [2.75, 3.05) is 11.5 Å². The highest BCUT2D eigenvalue weighted by molar-refractivity contribution is 8.00. The number of amides is 1. The van der Waals surface area contributed by atoms with E-state index in [-0.39, 0.29) is 28.7 Å². The second kappa shape index (κ2) is 10.3. The van der Waals surface area contributed by atoms with E-state index in [1.807, 2.05) is 30.3 Å². The number of β-lactam (4-membered cyclic amide) rings is 1. The molecule has 0 unspecified atom stereocenters. The van der Waals surface area contributed by atoms with Gasteiger partial charge in [0.05, 0.1) is 11.3 Å². The molecule has 0 aliphatic carbocycles. The van der Waals surface area contributed by atoms with Gasteiger partial charge in [-0.05, 0) is 31.4 Å². The second-order valence-electron chi connectivity index (χ2n) is 8.98. The number of carbonyl (C=O) groups excluding carboxylic acids is 2. The van der Waals surface area contributed by atoms with Crippen LogP contribution in [0.5, 0.6) is 0 Å². The Kier molecular flexibility index (Phi) is 7.37. The first-order valence-electron chi connectivity index (χ1n) is 11.2. The topological polar surface area (TPSA) is 172 Å². The second-order valence-corrected chi connectivity index (χ2v) is 11.0. The van der Waals surface area contributed by atoms with Crippen LogP contribution < -0.4 is 5.73 Å². The van der Waals surface area contributed by atoms with Crippen LogP contribution in [0.2, 0.25) is 0 Å². The number of rotatable bonds is 10. The largest absolute Gasteiger partial charge is 0.478 e. The number of anilines is 1. The van der Waals surface area contributed by atoms with Crippen LogP contribution in [0, 0.1) is 5.92 Å². The number of hydrogen-bond acceptors (Lipinski definition) is 10. The van der Waals surface area contributed by atoms with Crippen molar-refractivity contribution < 1.29 is 34.2 Å². The van der Waals surface area contributed by atoms with E-state index in [0.29, 0.717) is 17.7 Å². The third-order valence-corrected chi connectivity index (χ3v) is 8.00. The molecular formula is C24H24N4O7S2. The summed E-state index contributed by atoms with van der Waals surface area (Å²) in [4.78, 5) is 60.3. The molecule has 11 nitrogen and oxygen atoms in total. The fourth-order valence-electron chi connectivity index (χ4n) is 3.93. The fraction of sp³-hybridized carbons (Fsp3) is 0.333. The van der Waals surface area contributed by atoms with Crippen LogP contribution in [0.25, 0.3) is 0 Å². The molecule has 2 atom stereocenters. The summed E-state index contributed by atoms with van der Waals surface area (Å²) in [6, 6.07) is 9.38. The minimum Gasteiger partial charge on any atom is -0.478 e. The summed E-state index contributed by atoms with van der Waals surface area (Å²) in [6.45, 7) is 2.55. The van der Waals surface area contributed by atoms with Gasteiger partial charge in [0.1, 0.15) is 11.4 Å². The van der Waals surface area contributed by atoms with Crippen LogP contribution >= 0.6 is 23.1 Å². The van der Waals surface area contributed by atoms with E-state index in [1.54, 1.807) is 0 Å². The van der Waals surface area contributed by atoms with Crippen molar-refractivity contribution >= 4 is 57.6 Å². The quantitative estimate of drug-likeness (QED) is 0.229. The molecule has 2 aliphatic rings. The van der Waals surface area contributed by atoms with Crippen molar-refractivity contribution in [3.8, 4) is 0 Å². The fourth-order valence-corrected chi connectivity index (χ4v) is 5.89. The van der Waals surface area contributed by atoms with Gasteiger partial charge in [-0.15, -0.1) is 23.1 Å². The summed E-state index contributed by atoms with van der Waals surface area (Å²) < 4.78 is 0. The molecule has 4 rings (SSSR count). The number of aromatic nitrogens is 1. The predicted octanol–water partition coefficient (Wildman–Crippen LogP) is 2.38. The monoisotopic (exact) mass is 544 g/mol. The lowest BCUT2D eigenvalue weighted by molar-refractivity contribution is -0.161. The molecular weight excluding hydrogens is 520 g/mol. The summed E-state index contributed by atoms with van der Waals surface area (Å²) >= 11 is 2.46. The number of Topliss-reactive ketones (excluding diaryl/α,β-unsaturated/α-hetero) is 1. The zero-order chi connectivity index (χ0) is 26.9. The van der Waals surface area contributed by atoms with E-state index >= 15 is 0 Å². The molecule has 4 N–H and O–H groups in total. The van der Waals surface area contributed by atoms with Gasteiger partial charge in [0.2, 0.25) is 11.5 Å². The van der Waals surface area contributed by atoms with Gasteiger partial charge in [-0.1, -0.05) is 35.5 Å². The van der Waals surface area contributed by atoms with Crippen LogP contribution in [0.1, 0.15) is 31.5 Å². The van der Waals surface area contributed by atoms with Gasteiger partial charge in [-0.2, -0.15) is 0 Å². The Morgan fingerprint density at radius 2 is 1.95 bits per heavy atom. The lowest BCUT2D eigenvalue weighted by Gasteiger charge is -2.49. The Hall–Kier alpha value is -3.71. The number of nitrogens with zero attached hydrogens (tertiary/aromatic N) is 3. The number of carboxylic acids is 2. The number of ketones is 1. The predicted molar refractivity (Wildman–Crippen MR) is 137 cm³/mol. The lowest BCUT2D eigenvalue weighted by Crippen LogP contribution is -2.62. The molecule has 0 spiro atoms. The summed E-state index contributed by atoms with van der Waals surface area (Å²) in [5.41, 5.74) is 5.33. The number of nitrogen functional groups attached to an aromatic ring is 1.